The number of aromatic nitrogens is 1. The Labute approximate surface area is 130 Å². The van der Waals surface area contributed by atoms with Gasteiger partial charge in [0.25, 0.3) is 0 Å². The van der Waals surface area contributed by atoms with E-state index in [0.29, 0.717) is 24.5 Å². The maximum Gasteiger partial charge on any atom is 0.221 e. The topological polar surface area (TPSA) is 71.5 Å². The van der Waals surface area contributed by atoms with Crippen LogP contribution in [0.25, 0.3) is 0 Å². The molecule has 0 unspecified atom stereocenters. The van der Waals surface area contributed by atoms with Crippen LogP contribution < -0.4 is 15.0 Å². The van der Waals surface area contributed by atoms with E-state index in [1.807, 2.05) is 0 Å². The van der Waals surface area contributed by atoms with Gasteiger partial charge in [0.15, 0.2) is 0 Å². The molecule has 0 saturated heterocycles. The van der Waals surface area contributed by atoms with Crippen molar-refractivity contribution in [3.05, 3.63) is 18.3 Å². The molecule has 2 amide bonds. The van der Waals surface area contributed by atoms with Gasteiger partial charge in [0.05, 0.1) is 11.9 Å². The van der Waals surface area contributed by atoms with Gasteiger partial charge in [0, 0.05) is 26.1 Å². The fourth-order valence-electron chi connectivity index (χ4n) is 2.56. The van der Waals surface area contributed by atoms with Gasteiger partial charge in [-0.25, -0.2) is 4.98 Å². The summed E-state index contributed by atoms with van der Waals surface area (Å²) in [6.45, 7) is 0.327. The molecule has 0 bridgehead atoms. The summed E-state index contributed by atoms with van der Waals surface area (Å²) in [5.74, 6) is 0.491. The van der Waals surface area contributed by atoms with Crippen molar-refractivity contribution in [3.63, 3.8) is 0 Å². The van der Waals surface area contributed by atoms with E-state index in [-0.39, 0.29) is 18.4 Å². The highest BCUT2D eigenvalue weighted by molar-refractivity contribution is 5.79. The Bertz CT molecular complexity index is 484. The van der Waals surface area contributed by atoms with Crippen LogP contribution in [0, 0.1) is 0 Å². The number of nitrogens with one attached hydrogen (secondary N) is 1. The van der Waals surface area contributed by atoms with Gasteiger partial charge < -0.3 is 15.0 Å². The second kappa shape index (κ2) is 8.36. The Hall–Kier alpha value is -2.11. The Morgan fingerprint density at radius 2 is 2.18 bits per heavy atom. The molecule has 1 N–H and O–H groups in total. The van der Waals surface area contributed by atoms with E-state index in [1.165, 1.54) is 24.2 Å². The maximum atomic E-state index is 11.2. The summed E-state index contributed by atoms with van der Waals surface area (Å²) in [7, 11) is 1.58. The molecule has 1 saturated carbocycles. The number of hydrogen-bond donors (Lipinski definition) is 1. The smallest absolute Gasteiger partial charge is 0.221 e. The molecular weight excluding hydrogens is 282 g/mol. The number of ether oxygens (including phenoxy) is 1. The lowest BCUT2D eigenvalue weighted by Gasteiger charge is -2.22. The number of amides is 2. The molecule has 0 radical (unpaired) electrons. The monoisotopic (exact) mass is 305 g/mol. The summed E-state index contributed by atoms with van der Waals surface area (Å²) in [4.78, 5) is 28.1. The molecular formula is C16H23N3O3. The summed E-state index contributed by atoms with van der Waals surface area (Å²) >= 11 is 0. The van der Waals surface area contributed by atoms with Crippen molar-refractivity contribution < 1.29 is 14.3 Å². The van der Waals surface area contributed by atoms with Crippen LogP contribution in [0.5, 0.6) is 5.88 Å². The highest BCUT2D eigenvalue weighted by Crippen LogP contribution is 2.23. The van der Waals surface area contributed by atoms with E-state index in [0.717, 1.165) is 12.8 Å². The zero-order valence-corrected chi connectivity index (χ0v) is 13.0. The van der Waals surface area contributed by atoms with E-state index in [1.54, 1.807) is 25.4 Å². The zero-order chi connectivity index (χ0) is 15.8. The van der Waals surface area contributed by atoms with Crippen molar-refractivity contribution in [1.29, 1.82) is 0 Å². The summed E-state index contributed by atoms with van der Waals surface area (Å²) in [5.41, 5.74) is 0.662. The van der Waals surface area contributed by atoms with Crippen LogP contribution in [0.3, 0.4) is 0 Å². The van der Waals surface area contributed by atoms with E-state index >= 15 is 0 Å². The first kappa shape index (κ1) is 16.3. The third-order valence-corrected chi connectivity index (χ3v) is 3.88. The molecule has 0 aliphatic heterocycles. The molecule has 0 aromatic carbocycles. The third-order valence-electron chi connectivity index (χ3n) is 3.88. The van der Waals surface area contributed by atoms with E-state index in [2.05, 4.69) is 10.3 Å². The van der Waals surface area contributed by atoms with Crippen molar-refractivity contribution in [3.8, 4) is 5.88 Å². The summed E-state index contributed by atoms with van der Waals surface area (Å²) in [6.07, 6.45) is 8.69. The van der Waals surface area contributed by atoms with Crippen LogP contribution in [0.2, 0.25) is 0 Å². The largest absolute Gasteiger partial charge is 0.474 e. The number of anilines is 1. The number of hydrogen-bond acceptors (Lipinski definition) is 4. The molecule has 1 aromatic heterocycles. The van der Waals surface area contributed by atoms with E-state index < -0.39 is 0 Å². The number of rotatable bonds is 7. The number of pyridine rings is 1. The van der Waals surface area contributed by atoms with Gasteiger partial charge in [-0.3, -0.25) is 9.59 Å². The normalized spacial score (nSPS) is 15.1. The standard InChI is InChI=1S/C16H23N3O3/c1-17-15(21)9-10-19(12-20)13-7-8-16(18-11-13)22-14-5-3-2-4-6-14/h7-8,11-12,14H,2-6,9-10H2,1H3,(H,17,21). The van der Waals surface area contributed by atoms with Crippen LogP contribution >= 0.6 is 0 Å². The lowest BCUT2D eigenvalue weighted by Crippen LogP contribution is -2.28. The third kappa shape index (κ3) is 4.72. The van der Waals surface area contributed by atoms with Crippen molar-refractivity contribution in [2.45, 2.75) is 44.6 Å². The molecule has 22 heavy (non-hydrogen) atoms. The number of nitrogens with zero attached hydrogens (tertiary/aromatic N) is 2. The highest BCUT2D eigenvalue weighted by atomic mass is 16.5. The Morgan fingerprint density at radius 1 is 1.41 bits per heavy atom. The van der Waals surface area contributed by atoms with Gasteiger partial charge >= 0.3 is 0 Å². The van der Waals surface area contributed by atoms with E-state index in [9.17, 15) is 9.59 Å². The average molecular weight is 305 g/mol. The molecule has 0 spiro atoms. The predicted octanol–water partition coefficient (Wildman–Crippen LogP) is 1.89. The van der Waals surface area contributed by atoms with Crippen molar-refractivity contribution in [1.82, 2.24) is 10.3 Å². The SMILES string of the molecule is CNC(=O)CCN(C=O)c1ccc(OC2CCCCC2)nc1. The molecule has 1 fully saturated rings. The van der Waals surface area contributed by atoms with Crippen molar-refractivity contribution in [2.24, 2.45) is 0 Å². The van der Waals surface area contributed by atoms with Crippen LogP contribution in [0.1, 0.15) is 38.5 Å². The predicted molar refractivity (Wildman–Crippen MR) is 83.8 cm³/mol. The highest BCUT2D eigenvalue weighted by Gasteiger charge is 2.15. The summed E-state index contributed by atoms with van der Waals surface area (Å²) < 4.78 is 5.86. The summed E-state index contributed by atoms with van der Waals surface area (Å²) in [5, 5.41) is 2.53. The molecule has 1 aromatic rings. The second-order valence-electron chi connectivity index (χ2n) is 5.45. The lowest BCUT2D eigenvalue weighted by molar-refractivity contribution is -0.120. The molecule has 2 rings (SSSR count). The minimum Gasteiger partial charge on any atom is -0.474 e. The van der Waals surface area contributed by atoms with Gasteiger partial charge in [-0.2, -0.15) is 0 Å². The Balaban J connectivity index is 1.91. The molecule has 1 heterocycles. The number of carbonyl (C=O) groups excluding carboxylic acids is 2. The fourth-order valence-corrected chi connectivity index (χ4v) is 2.56. The zero-order valence-electron chi connectivity index (χ0n) is 13.0. The van der Waals surface area contributed by atoms with Gasteiger partial charge in [0.1, 0.15) is 6.10 Å². The van der Waals surface area contributed by atoms with Gasteiger partial charge in [-0.15, -0.1) is 0 Å². The van der Waals surface area contributed by atoms with Crippen molar-refractivity contribution in [2.75, 3.05) is 18.5 Å². The van der Waals surface area contributed by atoms with Crippen LogP contribution in [-0.2, 0) is 9.59 Å². The average Bonchev–Trinajstić information content (AvgIpc) is 2.57. The Morgan fingerprint density at radius 3 is 2.77 bits per heavy atom. The van der Waals surface area contributed by atoms with Gasteiger partial charge in [-0.1, -0.05) is 6.42 Å². The summed E-state index contributed by atoms with van der Waals surface area (Å²) in [6, 6.07) is 3.57. The fraction of sp³-hybridized carbons (Fsp3) is 0.562. The van der Waals surface area contributed by atoms with Gasteiger partial charge in [0.2, 0.25) is 18.2 Å². The van der Waals surface area contributed by atoms with Crippen LogP contribution in [0.4, 0.5) is 5.69 Å². The quantitative estimate of drug-likeness (QED) is 0.781. The molecule has 6 heteroatoms. The number of carbonyl (C=O) groups is 2. The van der Waals surface area contributed by atoms with Crippen LogP contribution in [-0.4, -0.2) is 37.0 Å². The molecule has 0 atom stereocenters. The van der Waals surface area contributed by atoms with Crippen molar-refractivity contribution >= 4 is 18.0 Å². The molecule has 6 nitrogen and oxygen atoms in total. The minimum atomic E-state index is -0.0999. The second-order valence-corrected chi connectivity index (χ2v) is 5.45. The molecule has 1 aliphatic carbocycles. The maximum absolute atomic E-state index is 11.2. The molecule has 120 valence electrons. The first-order chi connectivity index (χ1) is 10.7. The minimum absolute atomic E-state index is 0.0999. The van der Waals surface area contributed by atoms with E-state index in [4.69, 9.17) is 4.74 Å². The first-order valence-corrected chi connectivity index (χ1v) is 7.78. The van der Waals surface area contributed by atoms with Gasteiger partial charge in [-0.05, 0) is 31.7 Å². The molecule has 1 aliphatic rings. The Kier molecular flexibility index (Phi) is 6.18. The van der Waals surface area contributed by atoms with Crippen LogP contribution in [0.15, 0.2) is 18.3 Å². The lowest BCUT2D eigenvalue weighted by atomic mass is 9.98. The first-order valence-electron chi connectivity index (χ1n) is 7.78.